The number of hydrogen-bond donors (Lipinski definition) is 1. The smallest absolute Gasteiger partial charge is 0.0254 e. The number of likely N-dealkylation sites (tertiary alicyclic amines) is 1. The second-order valence-electron chi connectivity index (χ2n) is 4.98. The Morgan fingerprint density at radius 1 is 1.20 bits per heavy atom. The van der Waals surface area contributed by atoms with Crippen molar-refractivity contribution >= 4 is 0 Å². The van der Waals surface area contributed by atoms with E-state index in [2.05, 4.69) is 35.2 Å². The van der Waals surface area contributed by atoms with E-state index >= 15 is 0 Å². The van der Waals surface area contributed by atoms with E-state index in [1.165, 1.54) is 24.9 Å². The summed E-state index contributed by atoms with van der Waals surface area (Å²) in [4.78, 5) is 2.56. The number of fused-ring (bicyclic) bond motifs is 2. The molecule has 2 fully saturated rings. The predicted molar refractivity (Wildman–Crippen MR) is 61.3 cm³/mol. The highest BCUT2D eigenvalue weighted by Gasteiger charge is 2.42. The number of benzene rings is 1. The first-order valence-corrected chi connectivity index (χ1v) is 5.86. The first-order valence-electron chi connectivity index (χ1n) is 5.86. The first-order chi connectivity index (χ1) is 7.33. The Labute approximate surface area is 91.1 Å². The Balaban J connectivity index is 1.70. The summed E-state index contributed by atoms with van der Waals surface area (Å²) >= 11 is 0. The van der Waals surface area contributed by atoms with Gasteiger partial charge in [-0.1, -0.05) is 30.3 Å². The minimum absolute atomic E-state index is 0.424. The second-order valence-corrected chi connectivity index (χ2v) is 4.98. The van der Waals surface area contributed by atoms with Crippen molar-refractivity contribution in [2.75, 3.05) is 6.54 Å². The van der Waals surface area contributed by atoms with Crippen LogP contribution in [0.25, 0.3) is 0 Å². The molecule has 1 aliphatic heterocycles. The minimum atomic E-state index is 0.424. The Bertz CT molecular complexity index is 336. The molecule has 0 radical (unpaired) electrons. The van der Waals surface area contributed by atoms with Gasteiger partial charge in [0.25, 0.3) is 0 Å². The van der Waals surface area contributed by atoms with Crippen LogP contribution in [0.5, 0.6) is 0 Å². The Morgan fingerprint density at radius 3 is 2.67 bits per heavy atom. The number of piperidine rings is 1. The monoisotopic (exact) mass is 202 g/mol. The van der Waals surface area contributed by atoms with Crippen LogP contribution in [0.4, 0.5) is 0 Å². The summed E-state index contributed by atoms with van der Waals surface area (Å²) in [5.74, 6) is 0.869. The molecule has 0 amide bonds. The molecule has 3 rings (SSSR count). The molecule has 15 heavy (non-hydrogen) atoms. The fourth-order valence-electron chi connectivity index (χ4n) is 3.19. The summed E-state index contributed by atoms with van der Waals surface area (Å²) in [6.07, 6.45) is 2.57. The molecule has 2 aliphatic rings. The van der Waals surface area contributed by atoms with Crippen LogP contribution in [0.15, 0.2) is 30.3 Å². The lowest BCUT2D eigenvalue weighted by molar-refractivity contribution is 0.185. The van der Waals surface area contributed by atoms with Gasteiger partial charge in [-0.25, -0.2) is 0 Å². The molecule has 2 bridgehead atoms. The van der Waals surface area contributed by atoms with Gasteiger partial charge in [0.2, 0.25) is 0 Å². The molecule has 1 aromatic carbocycles. The summed E-state index contributed by atoms with van der Waals surface area (Å²) in [6.45, 7) is 2.34. The zero-order valence-corrected chi connectivity index (χ0v) is 8.97. The molecular formula is C13H18N2. The number of nitrogens with zero attached hydrogens (tertiary/aromatic N) is 1. The van der Waals surface area contributed by atoms with Gasteiger partial charge in [-0.15, -0.1) is 0 Å². The van der Waals surface area contributed by atoms with Crippen molar-refractivity contribution in [1.29, 1.82) is 0 Å². The van der Waals surface area contributed by atoms with Crippen molar-refractivity contribution in [2.45, 2.75) is 31.5 Å². The molecule has 2 heteroatoms. The van der Waals surface area contributed by atoms with Gasteiger partial charge < -0.3 is 5.73 Å². The van der Waals surface area contributed by atoms with Crippen LogP contribution in [0.3, 0.4) is 0 Å². The summed E-state index contributed by atoms with van der Waals surface area (Å²) < 4.78 is 0. The van der Waals surface area contributed by atoms with Crippen LogP contribution < -0.4 is 5.73 Å². The average molecular weight is 202 g/mol. The summed E-state index contributed by atoms with van der Waals surface area (Å²) in [5, 5.41) is 0. The van der Waals surface area contributed by atoms with Gasteiger partial charge in [0.1, 0.15) is 0 Å². The standard InChI is InChI=1S/C13H18N2/c14-12-6-11-7-13(12)15(9-11)8-10-4-2-1-3-5-10/h1-5,11-13H,6-9,14H2. The topological polar surface area (TPSA) is 29.3 Å². The maximum absolute atomic E-state index is 6.12. The van der Waals surface area contributed by atoms with Gasteiger partial charge in [-0.3, -0.25) is 4.90 Å². The average Bonchev–Trinajstić information content (AvgIpc) is 2.77. The summed E-state index contributed by atoms with van der Waals surface area (Å²) in [5.41, 5.74) is 7.54. The molecule has 80 valence electrons. The van der Waals surface area contributed by atoms with Crippen LogP contribution in [0.2, 0.25) is 0 Å². The lowest BCUT2D eigenvalue weighted by Crippen LogP contribution is -2.44. The summed E-state index contributed by atoms with van der Waals surface area (Å²) in [6, 6.07) is 11.8. The number of nitrogens with two attached hydrogens (primary N) is 1. The molecule has 1 aliphatic carbocycles. The van der Waals surface area contributed by atoms with Crippen molar-refractivity contribution in [3.8, 4) is 0 Å². The van der Waals surface area contributed by atoms with Gasteiger partial charge >= 0.3 is 0 Å². The van der Waals surface area contributed by atoms with E-state index in [0.29, 0.717) is 12.1 Å². The van der Waals surface area contributed by atoms with Gasteiger partial charge in [0.15, 0.2) is 0 Å². The van der Waals surface area contributed by atoms with Crippen molar-refractivity contribution in [1.82, 2.24) is 4.90 Å². The van der Waals surface area contributed by atoms with E-state index in [0.717, 1.165) is 12.5 Å². The molecule has 0 spiro atoms. The third kappa shape index (κ3) is 1.68. The molecule has 2 nitrogen and oxygen atoms in total. The lowest BCUT2D eigenvalue weighted by atomic mass is 10.1. The second kappa shape index (κ2) is 3.62. The minimum Gasteiger partial charge on any atom is -0.326 e. The maximum atomic E-state index is 6.12. The number of hydrogen-bond acceptors (Lipinski definition) is 2. The predicted octanol–water partition coefficient (Wildman–Crippen LogP) is 1.61. The molecular weight excluding hydrogens is 184 g/mol. The van der Waals surface area contributed by atoms with Crippen molar-refractivity contribution in [3.05, 3.63) is 35.9 Å². The fraction of sp³-hybridized carbons (Fsp3) is 0.538. The zero-order chi connectivity index (χ0) is 10.3. The van der Waals surface area contributed by atoms with E-state index in [4.69, 9.17) is 5.73 Å². The van der Waals surface area contributed by atoms with Gasteiger partial charge in [0.05, 0.1) is 0 Å². The van der Waals surface area contributed by atoms with E-state index in [-0.39, 0.29) is 0 Å². The third-order valence-corrected chi connectivity index (χ3v) is 3.86. The maximum Gasteiger partial charge on any atom is 0.0254 e. The van der Waals surface area contributed by atoms with Crippen LogP contribution in [-0.2, 0) is 6.54 Å². The van der Waals surface area contributed by atoms with E-state index in [9.17, 15) is 0 Å². The van der Waals surface area contributed by atoms with Crippen molar-refractivity contribution in [2.24, 2.45) is 11.7 Å². The summed E-state index contributed by atoms with van der Waals surface area (Å²) in [7, 11) is 0. The first kappa shape index (κ1) is 9.37. The number of rotatable bonds is 2. The van der Waals surface area contributed by atoms with E-state index in [1.54, 1.807) is 0 Å². The highest BCUT2D eigenvalue weighted by molar-refractivity contribution is 5.15. The normalized spacial score (nSPS) is 34.9. The van der Waals surface area contributed by atoms with Crippen molar-refractivity contribution in [3.63, 3.8) is 0 Å². The van der Waals surface area contributed by atoms with E-state index < -0.39 is 0 Å². The van der Waals surface area contributed by atoms with Crippen LogP contribution in [0.1, 0.15) is 18.4 Å². The van der Waals surface area contributed by atoms with Crippen LogP contribution >= 0.6 is 0 Å². The Hall–Kier alpha value is -0.860. The SMILES string of the molecule is NC1CC2CC1N(Cc1ccccc1)C2. The largest absolute Gasteiger partial charge is 0.326 e. The lowest BCUT2D eigenvalue weighted by Gasteiger charge is -2.31. The zero-order valence-electron chi connectivity index (χ0n) is 8.97. The molecule has 1 saturated heterocycles. The Morgan fingerprint density at radius 2 is 2.00 bits per heavy atom. The highest BCUT2D eigenvalue weighted by Crippen LogP contribution is 2.37. The molecule has 0 aromatic heterocycles. The van der Waals surface area contributed by atoms with E-state index in [1.807, 2.05) is 0 Å². The van der Waals surface area contributed by atoms with Crippen molar-refractivity contribution < 1.29 is 0 Å². The van der Waals surface area contributed by atoms with Gasteiger partial charge in [-0.05, 0) is 24.3 Å². The third-order valence-electron chi connectivity index (χ3n) is 3.86. The van der Waals surface area contributed by atoms with Crippen LogP contribution in [-0.4, -0.2) is 23.5 Å². The molecule has 2 N–H and O–H groups in total. The molecule has 1 saturated carbocycles. The quantitative estimate of drug-likeness (QED) is 0.789. The Kier molecular flexibility index (Phi) is 2.26. The molecule has 1 aromatic rings. The van der Waals surface area contributed by atoms with Gasteiger partial charge in [-0.2, -0.15) is 0 Å². The van der Waals surface area contributed by atoms with Gasteiger partial charge in [0, 0.05) is 25.2 Å². The molecule has 3 atom stereocenters. The van der Waals surface area contributed by atoms with Crippen LogP contribution in [0, 0.1) is 5.92 Å². The highest BCUT2D eigenvalue weighted by atomic mass is 15.2. The molecule has 1 heterocycles. The molecule has 3 unspecified atom stereocenters. The fourth-order valence-corrected chi connectivity index (χ4v) is 3.19.